The van der Waals surface area contributed by atoms with E-state index in [0.29, 0.717) is 12.1 Å². The molecule has 1 aliphatic heterocycles. The second kappa shape index (κ2) is 5.87. The van der Waals surface area contributed by atoms with Gasteiger partial charge in [0.25, 0.3) is 0 Å². The Bertz CT molecular complexity index is 340. The number of hydrogen-bond acceptors (Lipinski definition) is 2. The monoisotopic (exact) mass is 296 g/mol. The molecule has 0 aromatic heterocycles. The Balaban J connectivity index is 1.88. The number of benzene rings is 1. The Morgan fingerprint density at radius 1 is 1.18 bits per heavy atom. The molecule has 2 nitrogen and oxygen atoms in total. The predicted molar refractivity (Wildman–Crippen MR) is 77.6 cm³/mol. The van der Waals surface area contributed by atoms with E-state index in [1.807, 2.05) is 0 Å². The van der Waals surface area contributed by atoms with Crippen LogP contribution in [0, 0.1) is 0 Å². The Morgan fingerprint density at radius 3 is 2.29 bits per heavy atom. The van der Waals surface area contributed by atoms with E-state index < -0.39 is 0 Å². The number of nitrogens with one attached hydrogen (secondary N) is 1. The summed E-state index contributed by atoms with van der Waals surface area (Å²) in [5.41, 5.74) is 1.34. The summed E-state index contributed by atoms with van der Waals surface area (Å²) in [6.45, 7) is 6.76. The quantitative estimate of drug-likeness (QED) is 0.919. The van der Waals surface area contributed by atoms with Crippen molar-refractivity contribution in [2.24, 2.45) is 0 Å². The van der Waals surface area contributed by atoms with Crippen molar-refractivity contribution in [3.05, 3.63) is 28.7 Å². The van der Waals surface area contributed by atoms with Gasteiger partial charge in [0.2, 0.25) is 0 Å². The number of halogens is 1. The molecular formula is C14H21BrN2. The second-order valence-electron chi connectivity index (χ2n) is 5.06. The third kappa shape index (κ3) is 3.71. The van der Waals surface area contributed by atoms with Crippen LogP contribution in [-0.2, 0) is 0 Å². The van der Waals surface area contributed by atoms with Gasteiger partial charge in [-0.15, -0.1) is 0 Å². The maximum atomic E-state index is 3.63. The van der Waals surface area contributed by atoms with Gasteiger partial charge in [0.05, 0.1) is 0 Å². The zero-order valence-electron chi connectivity index (χ0n) is 10.6. The molecular weight excluding hydrogens is 276 g/mol. The van der Waals surface area contributed by atoms with Gasteiger partial charge in [0.1, 0.15) is 0 Å². The van der Waals surface area contributed by atoms with Gasteiger partial charge >= 0.3 is 0 Å². The fourth-order valence-electron chi connectivity index (χ4n) is 2.43. The molecule has 2 rings (SSSR count). The first-order valence-corrected chi connectivity index (χ1v) is 7.21. The van der Waals surface area contributed by atoms with Gasteiger partial charge in [-0.2, -0.15) is 0 Å². The van der Waals surface area contributed by atoms with Crippen LogP contribution in [0.5, 0.6) is 0 Å². The molecule has 0 bridgehead atoms. The molecule has 94 valence electrons. The van der Waals surface area contributed by atoms with Crippen molar-refractivity contribution in [2.75, 3.05) is 18.0 Å². The predicted octanol–water partition coefficient (Wildman–Crippen LogP) is 3.42. The Labute approximate surface area is 113 Å². The Hall–Kier alpha value is -0.540. The first kappa shape index (κ1) is 12.9. The molecule has 0 atom stereocenters. The maximum Gasteiger partial charge on any atom is 0.0366 e. The highest BCUT2D eigenvalue weighted by Gasteiger charge is 2.19. The SMILES string of the molecule is CC(C)NC1CCN(c2ccc(Br)cc2)CC1. The summed E-state index contributed by atoms with van der Waals surface area (Å²) in [6, 6.07) is 9.92. The molecule has 1 aromatic rings. The van der Waals surface area contributed by atoms with Crippen molar-refractivity contribution in [3.8, 4) is 0 Å². The summed E-state index contributed by atoms with van der Waals surface area (Å²) in [5.74, 6) is 0. The van der Waals surface area contributed by atoms with Crippen molar-refractivity contribution in [3.63, 3.8) is 0 Å². The van der Waals surface area contributed by atoms with E-state index in [4.69, 9.17) is 0 Å². The van der Waals surface area contributed by atoms with Crippen molar-refractivity contribution in [2.45, 2.75) is 38.8 Å². The lowest BCUT2D eigenvalue weighted by Gasteiger charge is -2.35. The summed E-state index contributed by atoms with van der Waals surface area (Å²) >= 11 is 3.48. The normalized spacial score (nSPS) is 17.8. The van der Waals surface area contributed by atoms with Gasteiger partial charge < -0.3 is 10.2 Å². The molecule has 1 aliphatic rings. The van der Waals surface area contributed by atoms with Crippen molar-refractivity contribution >= 4 is 21.6 Å². The van der Waals surface area contributed by atoms with Crippen molar-refractivity contribution in [1.29, 1.82) is 0 Å². The van der Waals surface area contributed by atoms with Gasteiger partial charge in [0, 0.05) is 35.3 Å². The Kier molecular flexibility index (Phi) is 4.46. The molecule has 0 saturated carbocycles. The van der Waals surface area contributed by atoms with E-state index in [1.54, 1.807) is 0 Å². The summed E-state index contributed by atoms with van der Waals surface area (Å²) in [5, 5.41) is 3.63. The lowest BCUT2D eigenvalue weighted by atomic mass is 10.0. The van der Waals surface area contributed by atoms with Crippen LogP contribution in [0.2, 0.25) is 0 Å². The van der Waals surface area contributed by atoms with Crippen LogP contribution >= 0.6 is 15.9 Å². The topological polar surface area (TPSA) is 15.3 Å². The van der Waals surface area contributed by atoms with Crippen LogP contribution in [0.1, 0.15) is 26.7 Å². The third-order valence-corrected chi connectivity index (χ3v) is 3.78. The summed E-state index contributed by atoms with van der Waals surface area (Å²) in [4.78, 5) is 2.48. The van der Waals surface area contributed by atoms with Gasteiger partial charge in [-0.1, -0.05) is 29.8 Å². The van der Waals surface area contributed by atoms with E-state index in [2.05, 4.69) is 64.3 Å². The minimum absolute atomic E-state index is 0.597. The van der Waals surface area contributed by atoms with Gasteiger partial charge in [-0.25, -0.2) is 0 Å². The molecule has 1 fully saturated rings. The molecule has 0 spiro atoms. The standard InChI is InChI=1S/C14H21BrN2/c1-11(2)16-13-7-9-17(10-8-13)14-5-3-12(15)4-6-14/h3-6,11,13,16H,7-10H2,1-2H3. The molecule has 17 heavy (non-hydrogen) atoms. The fourth-order valence-corrected chi connectivity index (χ4v) is 2.69. The molecule has 1 heterocycles. The molecule has 3 heteroatoms. The largest absolute Gasteiger partial charge is 0.371 e. The van der Waals surface area contributed by atoms with Crippen LogP contribution in [0.3, 0.4) is 0 Å². The molecule has 1 aromatic carbocycles. The highest BCUT2D eigenvalue weighted by atomic mass is 79.9. The maximum absolute atomic E-state index is 3.63. The zero-order chi connectivity index (χ0) is 12.3. The highest BCUT2D eigenvalue weighted by Crippen LogP contribution is 2.22. The van der Waals surface area contributed by atoms with Gasteiger partial charge in [0.15, 0.2) is 0 Å². The smallest absolute Gasteiger partial charge is 0.0366 e. The summed E-state index contributed by atoms with van der Waals surface area (Å²) in [7, 11) is 0. The minimum Gasteiger partial charge on any atom is -0.371 e. The van der Waals surface area contributed by atoms with Crippen molar-refractivity contribution in [1.82, 2.24) is 5.32 Å². The number of rotatable bonds is 3. The fraction of sp³-hybridized carbons (Fsp3) is 0.571. The molecule has 1 N–H and O–H groups in total. The molecule has 0 unspecified atom stereocenters. The van der Waals surface area contributed by atoms with E-state index in [1.165, 1.54) is 18.5 Å². The van der Waals surface area contributed by atoms with Crippen LogP contribution < -0.4 is 10.2 Å². The minimum atomic E-state index is 0.597. The van der Waals surface area contributed by atoms with Crippen LogP contribution in [0.4, 0.5) is 5.69 Å². The molecule has 0 amide bonds. The summed E-state index contributed by atoms with van der Waals surface area (Å²) in [6.07, 6.45) is 2.49. The number of hydrogen-bond donors (Lipinski definition) is 1. The van der Waals surface area contributed by atoms with Crippen molar-refractivity contribution < 1.29 is 0 Å². The zero-order valence-corrected chi connectivity index (χ0v) is 12.2. The number of piperidine rings is 1. The van der Waals surface area contributed by atoms with E-state index in [0.717, 1.165) is 17.6 Å². The molecule has 0 radical (unpaired) electrons. The first-order valence-electron chi connectivity index (χ1n) is 6.41. The average Bonchev–Trinajstić information content (AvgIpc) is 2.30. The van der Waals surface area contributed by atoms with Crippen LogP contribution in [0.25, 0.3) is 0 Å². The van der Waals surface area contributed by atoms with Crippen LogP contribution in [0.15, 0.2) is 28.7 Å². The lowest BCUT2D eigenvalue weighted by molar-refractivity contribution is 0.387. The number of nitrogens with zero attached hydrogens (tertiary/aromatic N) is 1. The summed E-state index contributed by atoms with van der Waals surface area (Å²) < 4.78 is 1.15. The third-order valence-electron chi connectivity index (χ3n) is 3.26. The first-order chi connectivity index (χ1) is 8.15. The molecule has 1 saturated heterocycles. The average molecular weight is 297 g/mol. The van der Waals surface area contributed by atoms with E-state index in [9.17, 15) is 0 Å². The molecule has 0 aliphatic carbocycles. The lowest BCUT2D eigenvalue weighted by Crippen LogP contribution is -2.44. The van der Waals surface area contributed by atoms with Crippen LogP contribution in [-0.4, -0.2) is 25.2 Å². The Morgan fingerprint density at radius 2 is 1.76 bits per heavy atom. The van der Waals surface area contributed by atoms with E-state index in [-0.39, 0.29) is 0 Å². The second-order valence-corrected chi connectivity index (χ2v) is 5.97. The van der Waals surface area contributed by atoms with Gasteiger partial charge in [-0.3, -0.25) is 0 Å². The highest BCUT2D eigenvalue weighted by molar-refractivity contribution is 9.10. The number of anilines is 1. The van der Waals surface area contributed by atoms with Gasteiger partial charge in [-0.05, 0) is 37.1 Å². The van der Waals surface area contributed by atoms with E-state index >= 15 is 0 Å².